The SMILES string of the molecule is CCc1nc2ccccc2c(=O)n1-c1cccc(-c2ccccc2)c1. The zero-order valence-corrected chi connectivity index (χ0v) is 14.0. The van der Waals surface area contributed by atoms with Crippen LogP contribution in [0.25, 0.3) is 27.7 Å². The lowest BCUT2D eigenvalue weighted by Gasteiger charge is -2.13. The van der Waals surface area contributed by atoms with E-state index in [9.17, 15) is 4.79 Å². The van der Waals surface area contributed by atoms with Crippen LogP contribution in [0, 0.1) is 0 Å². The molecule has 0 aliphatic rings. The molecule has 0 aliphatic heterocycles. The van der Waals surface area contributed by atoms with Gasteiger partial charge in [-0.1, -0.05) is 61.5 Å². The Morgan fingerprint density at radius 2 is 1.56 bits per heavy atom. The Labute approximate surface area is 146 Å². The monoisotopic (exact) mass is 326 g/mol. The van der Waals surface area contributed by atoms with Gasteiger partial charge in [0.05, 0.1) is 16.6 Å². The Kier molecular flexibility index (Phi) is 3.90. The van der Waals surface area contributed by atoms with E-state index < -0.39 is 0 Å². The summed E-state index contributed by atoms with van der Waals surface area (Å²) < 4.78 is 1.73. The highest BCUT2D eigenvalue weighted by atomic mass is 16.1. The van der Waals surface area contributed by atoms with Crippen molar-refractivity contribution in [1.82, 2.24) is 9.55 Å². The first-order chi connectivity index (χ1) is 12.3. The summed E-state index contributed by atoms with van der Waals surface area (Å²) in [6.45, 7) is 2.02. The fraction of sp³-hybridized carbons (Fsp3) is 0.0909. The van der Waals surface area contributed by atoms with Gasteiger partial charge < -0.3 is 0 Å². The molecule has 25 heavy (non-hydrogen) atoms. The molecule has 0 amide bonds. The Bertz CT molecular complexity index is 1100. The van der Waals surface area contributed by atoms with Gasteiger partial charge in [0.1, 0.15) is 5.82 Å². The Balaban J connectivity index is 1.96. The summed E-state index contributed by atoms with van der Waals surface area (Å²) in [5.74, 6) is 0.772. The fourth-order valence-electron chi connectivity index (χ4n) is 3.14. The molecule has 0 saturated heterocycles. The van der Waals surface area contributed by atoms with Crippen LogP contribution in [0.3, 0.4) is 0 Å². The molecule has 3 aromatic carbocycles. The molecule has 4 aromatic rings. The number of rotatable bonds is 3. The molecule has 0 saturated carbocycles. The van der Waals surface area contributed by atoms with Crippen LogP contribution in [-0.4, -0.2) is 9.55 Å². The highest BCUT2D eigenvalue weighted by molar-refractivity contribution is 5.78. The smallest absolute Gasteiger partial charge is 0.265 e. The predicted octanol–water partition coefficient (Wildman–Crippen LogP) is 4.62. The minimum absolute atomic E-state index is 0.0207. The minimum atomic E-state index is -0.0207. The summed E-state index contributed by atoms with van der Waals surface area (Å²) >= 11 is 0. The lowest BCUT2D eigenvalue weighted by molar-refractivity contribution is 0.833. The summed E-state index contributed by atoms with van der Waals surface area (Å²) in [5, 5.41) is 0.643. The van der Waals surface area contributed by atoms with Gasteiger partial charge in [-0.3, -0.25) is 9.36 Å². The standard InChI is InChI=1S/C22H18N2O/c1-2-21-23-20-14-7-6-13-19(20)22(25)24(21)18-12-8-11-17(15-18)16-9-4-3-5-10-16/h3-15H,2H2,1H3. The van der Waals surface area contributed by atoms with Crippen LogP contribution in [0.2, 0.25) is 0 Å². The number of benzene rings is 3. The van der Waals surface area contributed by atoms with Crippen LogP contribution >= 0.6 is 0 Å². The van der Waals surface area contributed by atoms with Crippen molar-refractivity contribution in [3.63, 3.8) is 0 Å². The van der Waals surface area contributed by atoms with Crippen LogP contribution in [0.15, 0.2) is 83.7 Å². The van der Waals surface area contributed by atoms with Crippen LogP contribution in [0.5, 0.6) is 0 Å². The number of hydrogen-bond acceptors (Lipinski definition) is 2. The van der Waals surface area contributed by atoms with Crippen molar-refractivity contribution in [2.45, 2.75) is 13.3 Å². The quantitative estimate of drug-likeness (QED) is 0.551. The van der Waals surface area contributed by atoms with Gasteiger partial charge in [-0.05, 0) is 35.4 Å². The van der Waals surface area contributed by atoms with Gasteiger partial charge in [0, 0.05) is 6.42 Å². The van der Waals surface area contributed by atoms with Gasteiger partial charge >= 0.3 is 0 Å². The van der Waals surface area contributed by atoms with Gasteiger partial charge in [0.15, 0.2) is 0 Å². The van der Waals surface area contributed by atoms with Crippen molar-refractivity contribution in [1.29, 1.82) is 0 Å². The van der Waals surface area contributed by atoms with E-state index >= 15 is 0 Å². The Morgan fingerprint density at radius 1 is 0.840 bits per heavy atom. The average molecular weight is 326 g/mol. The lowest BCUT2D eigenvalue weighted by atomic mass is 10.1. The first-order valence-corrected chi connectivity index (χ1v) is 8.44. The average Bonchev–Trinajstić information content (AvgIpc) is 2.68. The fourth-order valence-corrected chi connectivity index (χ4v) is 3.14. The zero-order chi connectivity index (χ0) is 17.2. The van der Waals surface area contributed by atoms with E-state index in [4.69, 9.17) is 4.98 Å². The third kappa shape index (κ3) is 2.74. The van der Waals surface area contributed by atoms with Crippen LogP contribution in [0.4, 0.5) is 0 Å². The van der Waals surface area contributed by atoms with Crippen molar-refractivity contribution in [2.75, 3.05) is 0 Å². The Morgan fingerprint density at radius 3 is 2.36 bits per heavy atom. The molecule has 122 valence electrons. The molecule has 1 heterocycles. The Hall–Kier alpha value is -3.20. The highest BCUT2D eigenvalue weighted by Crippen LogP contribution is 2.22. The molecular weight excluding hydrogens is 308 g/mol. The van der Waals surface area contributed by atoms with E-state index in [0.717, 1.165) is 28.2 Å². The van der Waals surface area contributed by atoms with Gasteiger partial charge in [-0.25, -0.2) is 4.98 Å². The molecular formula is C22H18N2O. The molecule has 0 N–H and O–H groups in total. The number of fused-ring (bicyclic) bond motifs is 1. The third-order valence-electron chi connectivity index (χ3n) is 4.37. The van der Waals surface area contributed by atoms with Crippen LogP contribution in [0.1, 0.15) is 12.7 Å². The largest absolute Gasteiger partial charge is 0.268 e. The maximum absolute atomic E-state index is 13.1. The minimum Gasteiger partial charge on any atom is -0.268 e. The first-order valence-electron chi connectivity index (χ1n) is 8.44. The molecule has 0 aliphatic carbocycles. The molecule has 3 heteroatoms. The first kappa shape index (κ1) is 15.3. The summed E-state index contributed by atoms with van der Waals surface area (Å²) in [6, 6.07) is 25.7. The number of hydrogen-bond donors (Lipinski definition) is 0. The zero-order valence-electron chi connectivity index (χ0n) is 14.0. The molecule has 0 fully saturated rings. The van der Waals surface area contributed by atoms with Crippen molar-refractivity contribution >= 4 is 10.9 Å². The molecule has 0 spiro atoms. The maximum atomic E-state index is 13.1. The molecule has 0 atom stereocenters. The maximum Gasteiger partial charge on any atom is 0.265 e. The predicted molar refractivity (Wildman–Crippen MR) is 102 cm³/mol. The van der Waals surface area contributed by atoms with E-state index in [-0.39, 0.29) is 5.56 Å². The number of aryl methyl sites for hydroxylation is 1. The van der Waals surface area contributed by atoms with Gasteiger partial charge in [0.25, 0.3) is 5.56 Å². The summed E-state index contributed by atoms with van der Waals surface area (Å²) in [5.41, 5.74) is 3.79. The van der Waals surface area contributed by atoms with Crippen molar-refractivity contribution < 1.29 is 0 Å². The summed E-state index contributed by atoms with van der Waals surface area (Å²) in [6.07, 6.45) is 0.690. The van der Waals surface area contributed by atoms with Crippen LogP contribution < -0.4 is 5.56 Å². The van der Waals surface area contributed by atoms with E-state index in [0.29, 0.717) is 11.8 Å². The van der Waals surface area contributed by atoms with Gasteiger partial charge in [-0.2, -0.15) is 0 Å². The van der Waals surface area contributed by atoms with Crippen molar-refractivity contribution in [2.24, 2.45) is 0 Å². The van der Waals surface area contributed by atoms with E-state index in [2.05, 4.69) is 18.2 Å². The lowest BCUT2D eigenvalue weighted by Crippen LogP contribution is -2.23. The second kappa shape index (κ2) is 6.36. The molecule has 0 bridgehead atoms. The third-order valence-corrected chi connectivity index (χ3v) is 4.37. The molecule has 4 rings (SSSR count). The molecule has 1 aromatic heterocycles. The van der Waals surface area contributed by atoms with Crippen molar-refractivity contribution in [3.8, 4) is 16.8 Å². The topological polar surface area (TPSA) is 34.9 Å². The van der Waals surface area contributed by atoms with E-state index in [1.807, 2.05) is 67.6 Å². The van der Waals surface area contributed by atoms with E-state index in [1.165, 1.54) is 0 Å². The molecule has 0 unspecified atom stereocenters. The number of para-hydroxylation sites is 1. The number of nitrogens with zero attached hydrogens (tertiary/aromatic N) is 2. The second-order valence-corrected chi connectivity index (χ2v) is 5.96. The summed E-state index contributed by atoms with van der Waals surface area (Å²) in [7, 11) is 0. The molecule has 3 nitrogen and oxygen atoms in total. The molecule has 0 radical (unpaired) electrons. The van der Waals surface area contributed by atoms with Gasteiger partial charge in [-0.15, -0.1) is 0 Å². The van der Waals surface area contributed by atoms with E-state index in [1.54, 1.807) is 4.57 Å². The second-order valence-electron chi connectivity index (χ2n) is 5.96. The van der Waals surface area contributed by atoms with Crippen molar-refractivity contribution in [3.05, 3.63) is 95.0 Å². The highest BCUT2D eigenvalue weighted by Gasteiger charge is 2.11. The normalized spacial score (nSPS) is 10.9. The van der Waals surface area contributed by atoms with Gasteiger partial charge in [0.2, 0.25) is 0 Å². The number of aromatic nitrogens is 2. The summed E-state index contributed by atoms with van der Waals surface area (Å²) in [4.78, 5) is 17.8. The van der Waals surface area contributed by atoms with Crippen LogP contribution in [-0.2, 0) is 6.42 Å².